The molecule has 26 heavy (non-hydrogen) atoms. The Morgan fingerprint density at radius 1 is 0.769 bits per heavy atom. The van der Waals surface area contributed by atoms with Gasteiger partial charge in [0.2, 0.25) is 0 Å². The molecule has 3 rings (SSSR count). The number of aromatic nitrogens is 1. The third kappa shape index (κ3) is 5.44. The molecule has 0 radical (unpaired) electrons. The van der Waals surface area contributed by atoms with Crippen LogP contribution in [0.1, 0.15) is 25.1 Å². The van der Waals surface area contributed by atoms with Crippen molar-refractivity contribution in [3.8, 4) is 12.1 Å². The Labute approximate surface area is 182 Å². The molecule has 0 unspecified atom stereocenters. The molecule has 3 aromatic heterocycles. The number of nitriles is 2. The second kappa shape index (κ2) is 10.1. The van der Waals surface area contributed by atoms with Crippen LogP contribution in [0, 0.1) is 28.6 Å². The first-order chi connectivity index (χ1) is 12.3. The van der Waals surface area contributed by atoms with Gasteiger partial charge in [-0.25, -0.2) is 10.5 Å². The van der Waals surface area contributed by atoms with E-state index in [-0.39, 0.29) is 35.5 Å². The second-order valence-corrected chi connectivity index (χ2v) is 7.25. The summed E-state index contributed by atoms with van der Waals surface area (Å²) in [6.07, 6.45) is 11.7. The molecule has 0 aromatic carbocycles. The minimum Gasteiger partial charge on any atom is -0.265 e. The monoisotopic (exact) mass is 381 g/mol. The predicted molar refractivity (Wildman–Crippen MR) is 104 cm³/mol. The van der Waals surface area contributed by atoms with Gasteiger partial charge in [0, 0.05) is 39.2 Å². The Kier molecular flexibility index (Phi) is 7.87. The molecule has 0 saturated carbocycles. The maximum Gasteiger partial charge on any atom is 1.00 e. The zero-order valence-corrected chi connectivity index (χ0v) is 17.7. The van der Waals surface area contributed by atoms with Crippen molar-refractivity contribution in [3.63, 3.8) is 0 Å². The Morgan fingerprint density at radius 3 is 1.92 bits per heavy atom. The van der Waals surface area contributed by atoms with E-state index in [9.17, 15) is 0 Å². The Bertz CT molecular complexity index is 974. The van der Waals surface area contributed by atoms with E-state index in [0.717, 1.165) is 15.3 Å². The molecule has 0 atom stereocenters. The van der Waals surface area contributed by atoms with Gasteiger partial charge in [-0.3, -0.25) is 4.98 Å². The van der Waals surface area contributed by atoms with Crippen molar-refractivity contribution >= 4 is 47.0 Å². The van der Waals surface area contributed by atoms with Gasteiger partial charge < -0.3 is 0 Å². The third-order valence-corrected chi connectivity index (χ3v) is 5.39. The molecular weight excluding hydrogens is 369 g/mol. The molecule has 6 heteroatoms. The van der Waals surface area contributed by atoms with Crippen molar-refractivity contribution in [1.29, 1.82) is 10.5 Å². The molecule has 0 aliphatic heterocycles. The van der Waals surface area contributed by atoms with Gasteiger partial charge in [-0.2, -0.15) is 17.4 Å². The molecule has 120 valence electrons. The quantitative estimate of drug-likeness (QED) is 0.504. The molecule has 0 amide bonds. The summed E-state index contributed by atoms with van der Waals surface area (Å²) in [5, 5.41) is 17.8. The van der Waals surface area contributed by atoms with Gasteiger partial charge in [0.25, 0.3) is 0 Å². The van der Waals surface area contributed by atoms with Crippen molar-refractivity contribution in [1.82, 2.24) is 4.98 Å². The topological polar surface area (TPSA) is 60.5 Å². The fourth-order valence-corrected chi connectivity index (χ4v) is 3.75. The van der Waals surface area contributed by atoms with Crippen LogP contribution in [0.4, 0.5) is 0 Å². The second-order valence-electron chi connectivity index (χ2n) is 4.99. The fraction of sp³-hybridized carbons (Fsp3) is 0. The molecule has 0 aliphatic rings. The molecule has 3 aromatic rings. The summed E-state index contributed by atoms with van der Waals surface area (Å²) in [5.41, 5.74) is 1.12. The number of nitrogens with zero attached hydrogens (tertiary/aromatic N) is 3. The van der Waals surface area contributed by atoms with Gasteiger partial charge in [0.1, 0.15) is 0 Å². The van der Waals surface area contributed by atoms with E-state index in [1.165, 1.54) is 16.2 Å². The fourth-order valence-electron chi connectivity index (χ4n) is 2.08. The van der Waals surface area contributed by atoms with Gasteiger partial charge in [-0.15, -0.1) is 22.3 Å². The Balaban J connectivity index is 0.00000243. The van der Waals surface area contributed by atoms with Crippen LogP contribution in [-0.2, 0) is 0 Å². The van der Waals surface area contributed by atoms with E-state index < -0.39 is 0 Å². The Hall–Kier alpha value is -2.12. The zero-order chi connectivity index (χ0) is 17.5. The summed E-state index contributed by atoms with van der Waals surface area (Å²) in [6.45, 7) is 0. The molecule has 0 fully saturated rings. The van der Waals surface area contributed by atoms with E-state index in [1.54, 1.807) is 23.7 Å². The third-order valence-electron chi connectivity index (χ3n) is 3.30. The molecule has 3 heterocycles. The predicted octanol–water partition coefficient (Wildman–Crippen LogP) is 2.52. The maximum atomic E-state index is 8.90. The minimum absolute atomic E-state index is 0. The largest absolute Gasteiger partial charge is 1.00 e. The van der Waals surface area contributed by atoms with E-state index in [2.05, 4.69) is 29.3 Å². The van der Waals surface area contributed by atoms with Gasteiger partial charge in [0.15, 0.2) is 0 Å². The number of hydrogen-bond acceptors (Lipinski definition) is 5. The molecule has 0 bridgehead atoms. The normalized spacial score (nSPS) is 10.4. The zero-order valence-electron chi connectivity index (χ0n) is 14.1. The standard InChI is InChI=1S/C20H12N3S2.Na/c21-13-16(14-22)20-8-7-19(25-20)6-5-18-4-3-17(24-18)2-1-15-9-11-23-12-10-15;/h1-12H;/q-1;+1/b2-1+,6-5+;. The summed E-state index contributed by atoms with van der Waals surface area (Å²) < 4.78 is 0. The maximum absolute atomic E-state index is 8.90. The van der Waals surface area contributed by atoms with E-state index in [0.29, 0.717) is 4.88 Å². The SMILES string of the molecule is N#C[C-](C#N)c1ccc(/C=C/c2ccc(/C=C/c3ccncc3)s2)s1.[Na+]. The van der Waals surface area contributed by atoms with Crippen molar-refractivity contribution in [2.45, 2.75) is 0 Å². The minimum atomic E-state index is 0. The number of hydrogen-bond donors (Lipinski definition) is 0. The van der Waals surface area contributed by atoms with E-state index in [4.69, 9.17) is 10.5 Å². The molecule has 0 saturated heterocycles. The summed E-state index contributed by atoms with van der Waals surface area (Å²) >= 11 is 3.14. The smallest absolute Gasteiger partial charge is 0.265 e. The summed E-state index contributed by atoms with van der Waals surface area (Å²) in [5.74, 6) is 0.157. The summed E-state index contributed by atoms with van der Waals surface area (Å²) in [7, 11) is 0. The molecule has 0 N–H and O–H groups in total. The van der Waals surface area contributed by atoms with Gasteiger partial charge in [0.05, 0.1) is 0 Å². The molecular formula is C20H12N3NaS2. The summed E-state index contributed by atoms with van der Waals surface area (Å²) in [4.78, 5) is 8.05. The van der Waals surface area contributed by atoms with Gasteiger partial charge >= 0.3 is 29.6 Å². The van der Waals surface area contributed by atoms with Crippen LogP contribution >= 0.6 is 22.7 Å². The average molecular weight is 381 g/mol. The number of thiophene rings is 2. The van der Waals surface area contributed by atoms with Crippen molar-refractivity contribution in [2.24, 2.45) is 0 Å². The van der Waals surface area contributed by atoms with Crippen molar-refractivity contribution in [2.75, 3.05) is 0 Å². The van der Waals surface area contributed by atoms with Gasteiger partial charge in [-0.05, 0) is 54.0 Å². The van der Waals surface area contributed by atoms with Crippen LogP contribution in [0.3, 0.4) is 0 Å². The van der Waals surface area contributed by atoms with Crippen molar-refractivity contribution < 1.29 is 29.6 Å². The van der Waals surface area contributed by atoms with Crippen LogP contribution in [0.5, 0.6) is 0 Å². The van der Waals surface area contributed by atoms with Crippen LogP contribution < -0.4 is 29.6 Å². The molecule has 3 nitrogen and oxygen atoms in total. The summed E-state index contributed by atoms with van der Waals surface area (Å²) in [6, 6.07) is 15.7. The van der Waals surface area contributed by atoms with Crippen LogP contribution in [0.2, 0.25) is 0 Å². The van der Waals surface area contributed by atoms with E-state index >= 15 is 0 Å². The van der Waals surface area contributed by atoms with Crippen LogP contribution in [0.15, 0.2) is 48.8 Å². The average Bonchev–Trinajstić information content (AvgIpc) is 3.30. The van der Waals surface area contributed by atoms with Gasteiger partial charge in [-0.1, -0.05) is 6.08 Å². The number of rotatable bonds is 5. The first-order valence-electron chi connectivity index (χ1n) is 7.42. The number of pyridine rings is 1. The van der Waals surface area contributed by atoms with Crippen LogP contribution in [0.25, 0.3) is 24.3 Å². The first-order valence-corrected chi connectivity index (χ1v) is 9.05. The first kappa shape index (κ1) is 20.2. The van der Waals surface area contributed by atoms with Crippen LogP contribution in [-0.4, -0.2) is 4.98 Å². The molecule has 0 spiro atoms. The van der Waals surface area contributed by atoms with Crippen molar-refractivity contribution in [3.05, 3.63) is 79.8 Å². The molecule has 0 aliphatic carbocycles. The van der Waals surface area contributed by atoms with E-state index in [1.807, 2.05) is 48.6 Å². The Morgan fingerprint density at radius 2 is 1.31 bits per heavy atom.